The minimum absolute atomic E-state index is 0.0444. The number of aliphatic hydroxyl groups is 1. The Morgan fingerprint density at radius 2 is 0.712 bits per heavy atom. The van der Waals surface area contributed by atoms with E-state index in [1.807, 2.05) is 0 Å². The number of unbranched alkanes of at least 4 members (excludes halogenated alkanes) is 4. The third-order valence-corrected chi connectivity index (χ3v) is 18.2. The quantitative estimate of drug-likeness (QED) is 0.0583. The lowest BCUT2D eigenvalue weighted by atomic mass is 9.81. The van der Waals surface area contributed by atoms with Crippen molar-refractivity contribution in [3.8, 4) is 0 Å². The van der Waals surface area contributed by atoms with Crippen LogP contribution < -0.4 is 0 Å². The summed E-state index contributed by atoms with van der Waals surface area (Å²) in [4.78, 5) is 0. The van der Waals surface area contributed by atoms with Gasteiger partial charge in [-0.15, -0.1) is 0 Å². The molecule has 7 fully saturated rings. The molecule has 0 aromatic heterocycles. The number of aliphatic hydroxyl groups excluding tert-OH is 1. The van der Waals surface area contributed by atoms with E-state index in [-0.39, 0.29) is 42.4 Å². The highest BCUT2D eigenvalue weighted by Crippen LogP contribution is 2.41. The van der Waals surface area contributed by atoms with Crippen molar-refractivity contribution in [3.05, 3.63) is 0 Å². The molecule has 0 aromatic rings. The van der Waals surface area contributed by atoms with Crippen molar-refractivity contribution in [2.45, 2.75) is 269 Å². The lowest BCUT2D eigenvalue weighted by Crippen LogP contribution is -2.34. The van der Waals surface area contributed by atoms with E-state index in [0.29, 0.717) is 119 Å². The Kier molecular flexibility index (Phi) is 27.9. The largest absolute Gasteiger partial charge is 0.393 e. The first kappa shape index (κ1) is 60.2. The van der Waals surface area contributed by atoms with Crippen LogP contribution in [0.3, 0.4) is 0 Å². The monoisotopic (exact) mass is 1030 g/mol. The number of hydrogen-bond acceptors (Lipinski definition) is 12. The number of rotatable bonds is 43. The molecule has 0 spiro atoms. The van der Waals surface area contributed by atoms with Crippen LogP contribution in [0.2, 0.25) is 0 Å². The zero-order valence-corrected chi connectivity index (χ0v) is 47.2. The third-order valence-electron chi connectivity index (χ3n) is 18.2. The highest BCUT2D eigenvalue weighted by atomic mass is 16.6. The van der Waals surface area contributed by atoms with Gasteiger partial charge in [0.2, 0.25) is 0 Å². The average Bonchev–Trinajstić information content (AvgIpc) is 4.31. The maximum absolute atomic E-state index is 10.3. The molecule has 3 aliphatic heterocycles. The van der Waals surface area contributed by atoms with Crippen LogP contribution in [-0.4, -0.2) is 152 Å². The number of epoxide rings is 3. The third kappa shape index (κ3) is 22.7. The second kappa shape index (κ2) is 33.8. The maximum Gasteiger partial charge on any atom is 0.0845 e. The first-order valence-electron chi connectivity index (χ1n) is 31.2. The number of hydrogen-bond donors (Lipinski definition) is 1. The fourth-order valence-electron chi connectivity index (χ4n) is 12.8. The molecule has 18 atom stereocenters. The fourth-order valence-corrected chi connectivity index (χ4v) is 12.8. The van der Waals surface area contributed by atoms with Gasteiger partial charge >= 0.3 is 0 Å². The van der Waals surface area contributed by atoms with Crippen LogP contribution in [0.4, 0.5) is 0 Å². The van der Waals surface area contributed by atoms with Crippen LogP contribution in [0, 0.1) is 41.4 Å². The summed E-state index contributed by atoms with van der Waals surface area (Å²) in [7, 11) is 0. The van der Waals surface area contributed by atoms with Gasteiger partial charge in [-0.1, -0.05) is 86.0 Å². The van der Waals surface area contributed by atoms with Crippen LogP contribution in [0.5, 0.6) is 0 Å². The van der Waals surface area contributed by atoms with Crippen LogP contribution in [-0.2, 0) is 52.1 Å². The molecule has 0 radical (unpaired) electrons. The van der Waals surface area contributed by atoms with E-state index in [1.54, 1.807) is 0 Å². The van der Waals surface area contributed by atoms with Gasteiger partial charge in [-0.25, -0.2) is 0 Å². The predicted molar refractivity (Wildman–Crippen MR) is 287 cm³/mol. The lowest BCUT2D eigenvalue weighted by Gasteiger charge is -2.32. The predicted octanol–water partition coefficient (Wildman–Crippen LogP) is 11.9. The summed E-state index contributed by atoms with van der Waals surface area (Å²) in [5.41, 5.74) is 0. The highest BCUT2D eigenvalue weighted by Gasteiger charge is 2.45. The Bertz CT molecular complexity index is 1420. The molecule has 0 aromatic carbocycles. The van der Waals surface area contributed by atoms with Gasteiger partial charge in [-0.05, 0) is 157 Å². The van der Waals surface area contributed by atoms with E-state index in [2.05, 4.69) is 34.6 Å². The topological polar surface area (TPSA) is 132 Å². The Labute approximate surface area is 445 Å². The van der Waals surface area contributed by atoms with Crippen LogP contribution in [0.15, 0.2) is 0 Å². The Morgan fingerprint density at radius 3 is 1.04 bits per heavy atom. The van der Waals surface area contributed by atoms with Crippen molar-refractivity contribution < 1.29 is 57.2 Å². The molecular formula is C61H110O12. The van der Waals surface area contributed by atoms with Crippen molar-refractivity contribution in [2.24, 2.45) is 41.4 Å². The fraction of sp³-hybridized carbons (Fsp3) is 1.00. The Balaban J connectivity index is 1.01. The molecule has 7 rings (SSSR count). The molecule has 3 heterocycles. The van der Waals surface area contributed by atoms with Crippen molar-refractivity contribution in [1.82, 2.24) is 0 Å². The second-order valence-electron chi connectivity index (χ2n) is 24.6. The molecule has 73 heavy (non-hydrogen) atoms. The van der Waals surface area contributed by atoms with E-state index in [4.69, 9.17) is 52.1 Å². The summed E-state index contributed by atoms with van der Waals surface area (Å²) >= 11 is 0. The first-order chi connectivity index (χ1) is 35.8. The molecular weight excluding hydrogens is 925 g/mol. The van der Waals surface area contributed by atoms with Gasteiger partial charge in [0, 0.05) is 39.6 Å². The van der Waals surface area contributed by atoms with Gasteiger partial charge in [0.1, 0.15) is 0 Å². The molecule has 12 nitrogen and oxygen atoms in total. The van der Waals surface area contributed by atoms with Crippen LogP contribution in [0.25, 0.3) is 0 Å². The van der Waals surface area contributed by atoms with Gasteiger partial charge in [0.25, 0.3) is 0 Å². The summed E-state index contributed by atoms with van der Waals surface area (Å²) in [6.45, 7) is 19.5. The van der Waals surface area contributed by atoms with Gasteiger partial charge < -0.3 is 57.2 Å². The van der Waals surface area contributed by atoms with Crippen molar-refractivity contribution >= 4 is 0 Å². The van der Waals surface area contributed by atoms with Crippen molar-refractivity contribution in [1.29, 1.82) is 0 Å². The summed E-state index contributed by atoms with van der Waals surface area (Å²) in [6.07, 6.45) is 31.2. The molecule has 0 bridgehead atoms. The minimum Gasteiger partial charge on any atom is -0.393 e. The lowest BCUT2D eigenvalue weighted by molar-refractivity contribution is -0.0872. The van der Waals surface area contributed by atoms with E-state index < -0.39 is 0 Å². The highest BCUT2D eigenvalue weighted by molar-refractivity contribution is 4.93. The van der Waals surface area contributed by atoms with E-state index in [0.717, 1.165) is 155 Å². The van der Waals surface area contributed by atoms with Gasteiger partial charge in [0.05, 0.1) is 107 Å². The summed E-state index contributed by atoms with van der Waals surface area (Å²) in [5.74, 6) is 2.99. The first-order valence-corrected chi connectivity index (χ1v) is 31.2. The molecule has 12 heteroatoms. The second-order valence-corrected chi connectivity index (χ2v) is 24.6. The molecule has 3 saturated heterocycles. The average molecular weight is 1040 g/mol. The van der Waals surface area contributed by atoms with Crippen molar-refractivity contribution in [2.75, 3.05) is 79.3 Å². The molecule has 1 N–H and O–H groups in total. The van der Waals surface area contributed by atoms with Gasteiger partial charge in [-0.3, -0.25) is 0 Å². The van der Waals surface area contributed by atoms with Gasteiger partial charge in [0.15, 0.2) is 0 Å². The van der Waals surface area contributed by atoms with Crippen LogP contribution >= 0.6 is 0 Å². The molecule has 18 unspecified atom stereocenters. The molecule has 4 aliphatic carbocycles. The van der Waals surface area contributed by atoms with Crippen molar-refractivity contribution in [3.63, 3.8) is 0 Å². The molecule has 0 amide bonds. The molecule has 7 aliphatic rings. The van der Waals surface area contributed by atoms with E-state index in [9.17, 15) is 5.11 Å². The van der Waals surface area contributed by atoms with Gasteiger partial charge in [-0.2, -0.15) is 0 Å². The molecule has 426 valence electrons. The number of fused-ring (bicyclic) bond motifs is 3. The molecule has 4 saturated carbocycles. The van der Waals surface area contributed by atoms with E-state index >= 15 is 0 Å². The zero-order valence-electron chi connectivity index (χ0n) is 47.2. The Hall–Kier alpha value is -0.480. The minimum atomic E-state index is -0.177. The maximum atomic E-state index is 10.3. The SMILES string of the molecule is CCCCC(COCC1CCC(O)C(C)C1)OCCC(COC(CCCC)COCC1CCC2OC2C1)C(CCOC(CCCC)COCC1CCC2OC2C1)COC(CCCC)COCC1CCC2OC2C1. The summed E-state index contributed by atoms with van der Waals surface area (Å²) in [5, 5.41) is 10.3. The smallest absolute Gasteiger partial charge is 0.0845 e. The standard InChI is InChI=1S/C61H110O12/c1-6-10-14-51(40-63-34-45-18-22-55(62)44(5)30-45)67-28-26-49(38-69-53(16-12-8-3)42-65-36-47-20-24-57-60(32-47)72-57)50(39-70-54(17-13-9-4)43-66-37-48-21-25-58-61(33-48)73-58)27-29-68-52(15-11-7-2)41-64-35-46-19-23-56-59(31-46)71-56/h44-62H,6-43H2,1-5H3. The Morgan fingerprint density at radius 1 is 0.384 bits per heavy atom. The summed E-state index contributed by atoms with van der Waals surface area (Å²) < 4.78 is 71.4. The summed E-state index contributed by atoms with van der Waals surface area (Å²) in [6, 6.07) is 0. The zero-order chi connectivity index (χ0) is 51.0. The number of ether oxygens (including phenoxy) is 11. The normalized spacial score (nSPS) is 33.0. The van der Waals surface area contributed by atoms with E-state index in [1.165, 1.54) is 38.5 Å². The van der Waals surface area contributed by atoms with Crippen LogP contribution in [0.1, 0.15) is 202 Å².